The van der Waals surface area contributed by atoms with Gasteiger partial charge in [-0.15, -0.1) is 0 Å². The number of carbonyl (C=O) groups excluding carboxylic acids is 1. The van der Waals surface area contributed by atoms with Crippen LogP contribution in [0.1, 0.15) is 46.6 Å². The van der Waals surface area contributed by atoms with Crippen LogP contribution in [0.15, 0.2) is 22.7 Å². The van der Waals surface area contributed by atoms with E-state index in [0.717, 1.165) is 43.4 Å². The highest BCUT2D eigenvalue weighted by Crippen LogP contribution is 2.27. The van der Waals surface area contributed by atoms with E-state index in [9.17, 15) is 14.9 Å². The highest BCUT2D eigenvalue weighted by Gasteiger charge is 2.24. The number of benzene rings is 1. The fraction of sp³-hybridized carbons (Fsp3) is 0.375. The Morgan fingerprint density at radius 2 is 2.09 bits per heavy atom. The van der Waals surface area contributed by atoms with Gasteiger partial charge in [-0.3, -0.25) is 14.9 Å². The maximum atomic E-state index is 12.5. The average molecular weight is 315 g/mol. The maximum absolute atomic E-state index is 12.5. The van der Waals surface area contributed by atoms with Gasteiger partial charge in [0.25, 0.3) is 11.6 Å². The number of nitrogens with one attached hydrogen (secondary N) is 1. The largest absolute Gasteiger partial charge is 0.360 e. The molecule has 0 bridgehead atoms. The Hall–Kier alpha value is -2.70. The lowest BCUT2D eigenvalue weighted by molar-refractivity contribution is -0.385. The average Bonchev–Trinajstić information content (AvgIpc) is 2.78. The van der Waals surface area contributed by atoms with Gasteiger partial charge in [-0.2, -0.15) is 0 Å². The van der Waals surface area contributed by atoms with E-state index in [0.29, 0.717) is 11.3 Å². The van der Waals surface area contributed by atoms with Crippen molar-refractivity contribution < 1.29 is 14.2 Å². The first kappa shape index (κ1) is 15.2. The molecule has 1 aromatic heterocycles. The van der Waals surface area contributed by atoms with Crippen molar-refractivity contribution in [3.63, 3.8) is 0 Å². The molecule has 0 saturated carbocycles. The third kappa shape index (κ3) is 2.94. The van der Waals surface area contributed by atoms with Gasteiger partial charge in [0.2, 0.25) is 0 Å². The molecule has 0 aliphatic heterocycles. The zero-order valence-electron chi connectivity index (χ0n) is 12.8. The molecule has 0 spiro atoms. The van der Waals surface area contributed by atoms with Gasteiger partial charge in [0.05, 0.1) is 16.2 Å². The summed E-state index contributed by atoms with van der Waals surface area (Å²) in [6, 6.07) is 4.59. The first-order valence-corrected chi connectivity index (χ1v) is 7.60. The summed E-state index contributed by atoms with van der Waals surface area (Å²) in [4.78, 5) is 23.0. The van der Waals surface area contributed by atoms with Crippen molar-refractivity contribution in [3.8, 4) is 0 Å². The molecule has 0 saturated heterocycles. The number of hydrogen-bond donors (Lipinski definition) is 1. The molecule has 1 aliphatic rings. The van der Waals surface area contributed by atoms with Gasteiger partial charge < -0.3 is 9.84 Å². The third-order valence-electron chi connectivity index (χ3n) is 4.17. The van der Waals surface area contributed by atoms with Gasteiger partial charge in [-0.25, -0.2) is 0 Å². The van der Waals surface area contributed by atoms with E-state index in [1.54, 1.807) is 19.1 Å². The summed E-state index contributed by atoms with van der Waals surface area (Å²) >= 11 is 0. The minimum Gasteiger partial charge on any atom is -0.360 e. The SMILES string of the molecule is Cc1c(NC(=O)c2noc3c2CCCCC3)cccc1[N+](=O)[O-]. The zero-order chi connectivity index (χ0) is 16.4. The summed E-state index contributed by atoms with van der Waals surface area (Å²) in [5.41, 5.74) is 1.95. The fourth-order valence-corrected chi connectivity index (χ4v) is 2.88. The summed E-state index contributed by atoms with van der Waals surface area (Å²) in [7, 11) is 0. The standard InChI is InChI=1S/C16H17N3O4/c1-10-12(7-5-8-13(10)19(21)22)17-16(20)15-11-6-3-2-4-9-14(11)23-18-15/h5,7-8H,2-4,6,9H2,1H3,(H,17,20). The van der Waals surface area contributed by atoms with E-state index in [1.165, 1.54) is 6.07 Å². The minimum absolute atomic E-state index is 0.0261. The van der Waals surface area contributed by atoms with Crippen LogP contribution in [0.4, 0.5) is 11.4 Å². The molecule has 0 atom stereocenters. The van der Waals surface area contributed by atoms with Crippen LogP contribution in [0.5, 0.6) is 0 Å². The van der Waals surface area contributed by atoms with Crippen LogP contribution < -0.4 is 5.32 Å². The second-order valence-electron chi connectivity index (χ2n) is 5.65. The van der Waals surface area contributed by atoms with Crippen molar-refractivity contribution in [3.05, 3.63) is 50.9 Å². The van der Waals surface area contributed by atoms with Crippen molar-refractivity contribution in [2.24, 2.45) is 0 Å². The highest BCUT2D eigenvalue weighted by molar-refractivity contribution is 6.04. The predicted octanol–water partition coefficient (Wildman–Crippen LogP) is 3.41. The van der Waals surface area contributed by atoms with E-state index in [2.05, 4.69) is 10.5 Å². The van der Waals surface area contributed by atoms with Gasteiger partial charge in [-0.1, -0.05) is 17.6 Å². The van der Waals surface area contributed by atoms with Gasteiger partial charge in [0.15, 0.2) is 5.69 Å². The lowest BCUT2D eigenvalue weighted by Crippen LogP contribution is -2.15. The molecule has 7 nitrogen and oxygen atoms in total. The number of nitrogens with zero attached hydrogens (tertiary/aromatic N) is 2. The Morgan fingerprint density at radius 3 is 2.87 bits per heavy atom. The molecule has 0 unspecified atom stereocenters. The van der Waals surface area contributed by atoms with Gasteiger partial charge in [0, 0.05) is 18.1 Å². The Morgan fingerprint density at radius 1 is 1.30 bits per heavy atom. The Kier molecular flexibility index (Phi) is 4.10. The number of nitro groups is 1. The molecule has 2 aromatic rings. The number of amides is 1. The van der Waals surface area contributed by atoms with Crippen LogP contribution >= 0.6 is 0 Å². The molecule has 1 amide bonds. The molecular weight excluding hydrogens is 298 g/mol. The normalized spacial score (nSPS) is 14.0. The van der Waals surface area contributed by atoms with Crippen molar-refractivity contribution in [1.29, 1.82) is 0 Å². The number of anilines is 1. The lowest BCUT2D eigenvalue weighted by Gasteiger charge is -2.08. The van der Waals surface area contributed by atoms with E-state index in [-0.39, 0.29) is 17.3 Å². The van der Waals surface area contributed by atoms with Gasteiger partial charge in [0.1, 0.15) is 5.76 Å². The topological polar surface area (TPSA) is 98.3 Å². The number of carbonyl (C=O) groups is 1. The molecule has 1 aromatic carbocycles. The van der Waals surface area contributed by atoms with Gasteiger partial charge in [-0.05, 0) is 32.3 Å². The first-order valence-electron chi connectivity index (χ1n) is 7.60. The van der Waals surface area contributed by atoms with E-state index < -0.39 is 4.92 Å². The fourth-order valence-electron chi connectivity index (χ4n) is 2.88. The second-order valence-corrected chi connectivity index (χ2v) is 5.65. The quantitative estimate of drug-likeness (QED) is 0.531. The summed E-state index contributed by atoms with van der Waals surface area (Å²) < 4.78 is 5.30. The van der Waals surface area contributed by atoms with Crippen molar-refractivity contribution in [1.82, 2.24) is 5.16 Å². The Labute approximate surface area is 132 Å². The first-order chi connectivity index (χ1) is 11.1. The summed E-state index contributed by atoms with van der Waals surface area (Å²) in [5.74, 6) is 0.393. The third-order valence-corrected chi connectivity index (χ3v) is 4.17. The molecule has 1 aliphatic carbocycles. The lowest BCUT2D eigenvalue weighted by atomic mass is 10.1. The van der Waals surface area contributed by atoms with Gasteiger partial charge >= 0.3 is 0 Å². The molecular formula is C16H17N3O4. The molecule has 7 heteroatoms. The van der Waals surface area contributed by atoms with E-state index in [1.807, 2.05) is 0 Å². The van der Waals surface area contributed by atoms with E-state index >= 15 is 0 Å². The molecule has 120 valence electrons. The van der Waals surface area contributed by atoms with Crippen molar-refractivity contribution in [2.45, 2.75) is 39.0 Å². The molecule has 0 fully saturated rings. The number of fused-ring (bicyclic) bond motifs is 1. The van der Waals surface area contributed by atoms with Crippen LogP contribution in [0.3, 0.4) is 0 Å². The number of hydrogen-bond acceptors (Lipinski definition) is 5. The number of nitro benzene ring substituents is 1. The molecule has 23 heavy (non-hydrogen) atoms. The van der Waals surface area contributed by atoms with Crippen LogP contribution in [-0.2, 0) is 12.8 Å². The molecule has 0 radical (unpaired) electrons. The summed E-state index contributed by atoms with van der Waals surface area (Å²) in [6.45, 7) is 1.61. The van der Waals surface area contributed by atoms with Crippen LogP contribution in [0, 0.1) is 17.0 Å². The van der Waals surface area contributed by atoms with Crippen molar-refractivity contribution in [2.75, 3.05) is 5.32 Å². The Bertz CT molecular complexity index is 767. The summed E-state index contributed by atoms with van der Waals surface area (Å²) in [6.07, 6.45) is 4.72. The van der Waals surface area contributed by atoms with Crippen LogP contribution in [0.25, 0.3) is 0 Å². The molecule has 1 N–H and O–H groups in total. The predicted molar refractivity (Wildman–Crippen MR) is 83.5 cm³/mol. The second kappa shape index (κ2) is 6.20. The minimum atomic E-state index is -0.465. The smallest absolute Gasteiger partial charge is 0.278 e. The summed E-state index contributed by atoms with van der Waals surface area (Å²) in [5, 5.41) is 17.6. The monoisotopic (exact) mass is 315 g/mol. The van der Waals surface area contributed by atoms with Crippen molar-refractivity contribution >= 4 is 17.3 Å². The van der Waals surface area contributed by atoms with Crippen LogP contribution in [-0.4, -0.2) is 16.0 Å². The maximum Gasteiger partial charge on any atom is 0.278 e. The molecule has 3 rings (SSSR count). The van der Waals surface area contributed by atoms with Crippen LogP contribution in [0.2, 0.25) is 0 Å². The Balaban J connectivity index is 1.87. The number of rotatable bonds is 3. The number of aromatic nitrogens is 1. The molecule has 1 heterocycles. The number of aryl methyl sites for hydroxylation is 1. The highest BCUT2D eigenvalue weighted by atomic mass is 16.6. The van der Waals surface area contributed by atoms with E-state index in [4.69, 9.17) is 4.52 Å². The zero-order valence-corrected chi connectivity index (χ0v) is 12.8.